The van der Waals surface area contributed by atoms with E-state index in [0.717, 1.165) is 14.2 Å². The maximum Gasteiger partial charge on any atom is 0.259 e. The van der Waals surface area contributed by atoms with E-state index in [-0.39, 0.29) is 29.4 Å². The zero-order valence-corrected chi connectivity index (χ0v) is 25.7. The van der Waals surface area contributed by atoms with Crippen LogP contribution in [0.15, 0.2) is 124 Å². The molecule has 228 valence electrons. The number of hydrogen-bond acceptors (Lipinski definition) is 7. The highest BCUT2D eigenvalue weighted by Gasteiger charge is 2.43. The monoisotopic (exact) mass is 652 g/mol. The Morgan fingerprint density at radius 3 is 2.11 bits per heavy atom. The molecular formula is C31H29ClN4O6S2. The fraction of sp³-hybridized carbons (Fsp3) is 0.161. The average molecular weight is 653 g/mol. The quantitative estimate of drug-likeness (QED) is 0.203. The zero-order valence-electron chi connectivity index (χ0n) is 23.4. The molecule has 0 unspecified atom stereocenters. The molecule has 13 heteroatoms. The lowest BCUT2D eigenvalue weighted by atomic mass is 10.2. The number of halogens is 1. The number of benzene rings is 4. The predicted molar refractivity (Wildman–Crippen MR) is 167 cm³/mol. The van der Waals surface area contributed by atoms with Gasteiger partial charge in [0.15, 0.2) is 0 Å². The van der Waals surface area contributed by atoms with Crippen LogP contribution < -0.4 is 10.2 Å². The van der Waals surface area contributed by atoms with Crippen molar-refractivity contribution in [3.8, 4) is 5.75 Å². The molecule has 1 saturated heterocycles. The van der Waals surface area contributed by atoms with Gasteiger partial charge >= 0.3 is 0 Å². The van der Waals surface area contributed by atoms with Crippen molar-refractivity contribution in [2.45, 2.75) is 22.4 Å². The molecule has 1 N–H and O–H groups in total. The fourth-order valence-corrected chi connectivity index (χ4v) is 7.88. The number of rotatable bonds is 10. The van der Waals surface area contributed by atoms with Gasteiger partial charge in [-0.2, -0.15) is 13.7 Å². The zero-order chi connectivity index (χ0) is 31.2. The molecular weight excluding hydrogens is 624 g/mol. The molecule has 5 rings (SSSR count). The summed E-state index contributed by atoms with van der Waals surface area (Å²) in [4.78, 5) is 13.5. The van der Waals surface area contributed by atoms with Crippen molar-refractivity contribution in [1.29, 1.82) is 0 Å². The number of amides is 1. The van der Waals surface area contributed by atoms with Crippen molar-refractivity contribution in [3.05, 3.63) is 125 Å². The Hall–Kier alpha value is -4.07. The van der Waals surface area contributed by atoms with Gasteiger partial charge in [0.2, 0.25) is 20.0 Å². The number of piperazine rings is 1. The molecule has 10 nitrogen and oxygen atoms in total. The Labute approximate surface area is 261 Å². The van der Waals surface area contributed by atoms with E-state index in [0.29, 0.717) is 22.9 Å². The highest BCUT2D eigenvalue weighted by molar-refractivity contribution is 7.89. The number of nitrogens with one attached hydrogen (secondary N) is 1. The molecule has 0 radical (unpaired) electrons. The van der Waals surface area contributed by atoms with E-state index in [1.807, 2.05) is 18.2 Å². The summed E-state index contributed by atoms with van der Waals surface area (Å²) < 4.78 is 61.7. The maximum atomic E-state index is 13.5. The van der Waals surface area contributed by atoms with Crippen LogP contribution >= 0.6 is 11.6 Å². The van der Waals surface area contributed by atoms with Gasteiger partial charge in [-0.15, -0.1) is 0 Å². The highest BCUT2D eigenvalue weighted by atomic mass is 35.5. The van der Waals surface area contributed by atoms with Gasteiger partial charge in [-0.25, -0.2) is 22.3 Å². The summed E-state index contributed by atoms with van der Waals surface area (Å²) >= 11 is 6.02. The Bertz CT molecular complexity index is 1840. The first-order chi connectivity index (χ1) is 21.1. The topological polar surface area (TPSA) is 125 Å². The number of hydrogen-bond donors (Lipinski definition) is 1. The van der Waals surface area contributed by atoms with Crippen LogP contribution in [-0.2, 0) is 31.4 Å². The summed E-state index contributed by atoms with van der Waals surface area (Å²) in [5.41, 5.74) is 3.96. The summed E-state index contributed by atoms with van der Waals surface area (Å²) in [6.07, 6.45) is 1.40. The van der Waals surface area contributed by atoms with Gasteiger partial charge in [-0.3, -0.25) is 4.79 Å². The molecule has 1 aliphatic heterocycles. The molecule has 0 aliphatic carbocycles. The number of ether oxygens (including phenoxy) is 1. The SMILES string of the molecule is O=C(N/N=C\c1ccc(OCc2cccc(Cl)c2)cc1)[C@H]1CN(S(=O)(=O)c2ccccc2)CCN1S(=O)(=O)c1ccccc1. The van der Waals surface area contributed by atoms with Crippen molar-refractivity contribution in [1.82, 2.24) is 14.0 Å². The Balaban J connectivity index is 1.30. The van der Waals surface area contributed by atoms with Crippen LogP contribution in [0.2, 0.25) is 5.02 Å². The third kappa shape index (κ3) is 7.34. The van der Waals surface area contributed by atoms with E-state index in [1.165, 1.54) is 30.5 Å². The van der Waals surface area contributed by atoms with Gasteiger partial charge < -0.3 is 4.74 Å². The Morgan fingerprint density at radius 1 is 0.841 bits per heavy atom. The number of carbonyl (C=O) groups excluding carboxylic acids is 1. The number of nitrogens with zero attached hydrogens (tertiary/aromatic N) is 3. The van der Waals surface area contributed by atoms with Crippen LogP contribution in [0.5, 0.6) is 5.75 Å². The van der Waals surface area contributed by atoms with Crippen molar-refractivity contribution >= 4 is 43.8 Å². The minimum absolute atomic E-state index is 0.00154. The van der Waals surface area contributed by atoms with Gasteiger partial charge in [-0.05, 0) is 71.8 Å². The fourth-order valence-electron chi connectivity index (χ4n) is 4.62. The van der Waals surface area contributed by atoms with Gasteiger partial charge in [0, 0.05) is 24.7 Å². The molecule has 4 aromatic carbocycles. The maximum absolute atomic E-state index is 13.5. The molecule has 0 bridgehead atoms. The molecule has 1 amide bonds. The second-order valence-corrected chi connectivity index (χ2v) is 14.1. The standard InChI is InChI=1S/C31H29ClN4O6S2/c32-26-9-7-8-25(20-26)23-42-27-16-14-24(15-17-27)21-33-34-31(37)30-22-35(43(38,39)28-10-3-1-4-11-28)18-19-36(30)44(40,41)29-12-5-2-6-13-29/h1-17,20-21,30H,18-19,22-23H2,(H,34,37)/b33-21-/t30-/m1/s1. The lowest BCUT2D eigenvalue weighted by Gasteiger charge is -2.38. The van der Waals surface area contributed by atoms with E-state index in [9.17, 15) is 21.6 Å². The Kier molecular flexibility index (Phi) is 9.77. The summed E-state index contributed by atoms with van der Waals surface area (Å²) in [5, 5.41) is 4.64. The first-order valence-electron chi connectivity index (χ1n) is 13.6. The minimum Gasteiger partial charge on any atom is -0.489 e. The molecule has 1 fully saturated rings. The van der Waals surface area contributed by atoms with Crippen LogP contribution in [0.3, 0.4) is 0 Å². The smallest absolute Gasteiger partial charge is 0.259 e. The molecule has 1 heterocycles. The summed E-state index contributed by atoms with van der Waals surface area (Å²) in [5.74, 6) is -0.148. The molecule has 0 spiro atoms. The molecule has 44 heavy (non-hydrogen) atoms. The van der Waals surface area contributed by atoms with Crippen molar-refractivity contribution in [2.24, 2.45) is 5.10 Å². The van der Waals surface area contributed by atoms with Crippen molar-refractivity contribution < 1.29 is 26.4 Å². The third-order valence-corrected chi connectivity index (χ3v) is 10.9. The predicted octanol–water partition coefficient (Wildman–Crippen LogP) is 4.13. The van der Waals surface area contributed by atoms with Crippen molar-refractivity contribution in [3.63, 3.8) is 0 Å². The molecule has 0 saturated carbocycles. The normalized spacial score (nSPS) is 16.5. The third-order valence-electron chi connectivity index (χ3n) is 6.89. The minimum atomic E-state index is -4.12. The van der Waals surface area contributed by atoms with Gasteiger partial charge in [0.05, 0.1) is 16.0 Å². The van der Waals surface area contributed by atoms with E-state index in [2.05, 4.69) is 10.5 Å². The average Bonchev–Trinajstić information content (AvgIpc) is 3.05. The van der Waals surface area contributed by atoms with Crippen LogP contribution in [0.25, 0.3) is 0 Å². The number of carbonyl (C=O) groups is 1. The summed E-state index contributed by atoms with van der Waals surface area (Å²) in [6, 6.07) is 28.5. The van der Waals surface area contributed by atoms with Gasteiger partial charge in [0.1, 0.15) is 18.4 Å². The van der Waals surface area contributed by atoms with E-state index < -0.39 is 32.0 Å². The second-order valence-electron chi connectivity index (χ2n) is 9.84. The first-order valence-corrected chi connectivity index (χ1v) is 16.8. The van der Waals surface area contributed by atoms with Crippen LogP contribution in [0.4, 0.5) is 0 Å². The number of hydrazone groups is 1. The lowest BCUT2D eigenvalue weighted by Crippen LogP contribution is -2.60. The van der Waals surface area contributed by atoms with Crippen LogP contribution in [0, 0.1) is 0 Å². The summed E-state index contributed by atoms with van der Waals surface area (Å²) in [6.45, 7) is -0.391. The van der Waals surface area contributed by atoms with Crippen LogP contribution in [-0.4, -0.2) is 63.2 Å². The van der Waals surface area contributed by atoms with Gasteiger partial charge in [-0.1, -0.05) is 60.1 Å². The highest BCUT2D eigenvalue weighted by Crippen LogP contribution is 2.25. The second kappa shape index (κ2) is 13.7. The Morgan fingerprint density at radius 2 is 1.48 bits per heavy atom. The van der Waals surface area contributed by atoms with E-state index in [4.69, 9.17) is 16.3 Å². The molecule has 1 aliphatic rings. The molecule has 0 aromatic heterocycles. The molecule has 1 atom stereocenters. The van der Waals surface area contributed by atoms with E-state index in [1.54, 1.807) is 66.7 Å². The van der Waals surface area contributed by atoms with Gasteiger partial charge in [0.25, 0.3) is 5.91 Å². The number of sulfonamides is 2. The lowest BCUT2D eigenvalue weighted by molar-refractivity contribution is -0.125. The van der Waals surface area contributed by atoms with Crippen molar-refractivity contribution in [2.75, 3.05) is 19.6 Å². The van der Waals surface area contributed by atoms with E-state index >= 15 is 0 Å². The first kappa shape index (κ1) is 31.4. The summed E-state index contributed by atoms with van der Waals surface area (Å²) in [7, 11) is -8.10. The van der Waals surface area contributed by atoms with Crippen LogP contribution in [0.1, 0.15) is 11.1 Å². The largest absolute Gasteiger partial charge is 0.489 e. The molecule has 4 aromatic rings.